The van der Waals surface area contributed by atoms with Gasteiger partial charge in [-0.25, -0.2) is 13.4 Å². The molecule has 1 amide bonds. The molecule has 0 spiro atoms. The fourth-order valence-electron chi connectivity index (χ4n) is 3.91. The number of aryl methyl sites for hydroxylation is 1. The maximum absolute atomic E-state index is 13.3. The molecule has 1 atom stereocenters. The highest BCUT2D eigenvalue weighted by molar-refractivity contribution is 7.91. The zero-order valence-electron chi connectivity index (χ0n) is 16.2. The molecule has 2 aromatic heterocycles. The van der Waals surface area contributed by atoms with Crippen molar-refractivity contribution in [1.82, 2.24) is 14.8 Å². The molecule has 27 heavy (non-hydrogen) atoms. The van der Waals surface area contributed by atoms with Crippen LogP contribution < -0.4 is 10.6 Å². The minimum Gasteiger partial charge on any atom is -0.365 e. The summed E-state index contributed by atoms with van der Waals surface area (Å²) in [4.78, 5) is 18.6. The molecule has 1 aliphatic heterocycles. The van der Waals surface area contributed by atoms with Crippen molar-refractivity contribution in [3.8, 4) is 0 Å². The zero-order valence-corrected chi connectivity index (χ0v) is 17.0. The number of nitrogens with zero attached hydrogens (tertiary/aromatic N) is 4. The number of aromatic nitrogens is 3. The highest BCUT2D eigenvalue weighted by Gasteiger charge is 2.40. The number of anilines is 1. The quantitative estimate of drug-likeness (QED) is 0.849. The number of pyridine rings is 1. The summed E-state index contributed by atoms with van der Waals surface area (Å²) >= 11 is 0. The molecule has 2 N–H and O–H groups in total. The van der Waals surface area contributed by atoms with E-state index in [2.05, 4.69) is 30.9 Å². The summed E-state index contributed by atoms with van der Waals surface area (Å²) in [6.07, 6.45) is 3.61. The lowest BCUT2D eigenvalue weighted by Crippen LogP contribution is -2.40. The fourth-order valence-corrected chi connectivity index (χ4v) is 5.56. The Labute approximate surface area is 159 Å². The number of nitrogens with two attached hydrogens (primary N) is 1. The lowest BCUT2D eigenvalue weighted by atomic mass is 9.97. The van der Waals surface area contributed by atoms with Gasteiger partial charge in [0.2, 0.25) is 9.84 Å². The molecule has 1 fully saturated rings. The summed E-state index contributed by atoms with van der Waals surface area (Å²) in [5.41, 5.74) is 5.79. The molecule has 0 radical (unpaired) electrons. The largest absolute Gasteiger partial charge is 0.365 e. The van der Waals surface area contributed by atoms with Crippen molar-refractivity contribution in [2.75, 3.05) is 11.4 Å². The first-order chi connectivity index (χ1) is 12.5. The summed E-state index contributed by atoms with van der Waals surface area (Å²) < 4.78 is 28.0. The topological polar surface area (TPSA) is 111 Å². The van der Waals surface area contributed by atoms with Crippen molar-refractivity contribution >= 4 is 21.6 Å². The van der Waals surface area contributed by atoms with Crippen molar-refractivity contribution in [1.29, 1.82) is 0 Å². The van der Waals surface area contributed by atoms with Crippen LogP contribution in [0.4, 0.5) is 5.82 Å². The van der Waals surface area contributed by atoms with E-state index in [4.69, 9.17) is 5.73 Å². The number of rotatable bonds is 4. The highest BCUT2D eigenvalue weighted by atomic mass is 32.2. The van der Waals surface area contributed by atoms with Crippen LogP contribution in [0.15, 0.2) is 28.3 Å². The third-order valence-electron chi connectivity index (χ3n) is 5.24. The Hall–Kier alpha value is -2.42. The number of primary amides is 1. The van der Waals surface area contributed by atoms with Crippen LogP contribution in [0.1, 0.15) is 43.2 Å². The van der Waals surface area contributed by atoms with Gasteiger partial charge in [-0.1, -0.05) is 6.92 Å². The van der Waals surface area contributed by atoms with Gasteiger partial charge in [0.15, 0.2) is 0 Å². The lowest BCUT2D eigenvalue weighted by Gasteiger charge is -2.33. The van der Waals surface area contributed by atoms with Gasteiger partial charge in [-0.15, -0.1) is 0 Å². The number of hydrogen-bond acceptors (Lipinski definition) is 6. The Balaban J connectivity index is 2.24. The monoisotopic (exact) mass is 391 g/mol. The minimum absolute atomic E-state index is 0.0544. The summed E-state index contributed by atoms with van der Waals surface area (Å²) in [5.74, 6) is -0.101. The average molecular weight is 391 g/mol. The zero-order chi connectivity index (χ0) is 20.1. The molecule has 9 heteroatoms. The van der Waals surface area contributed by atoms with E-state index < -0.39 is 15.7 Å². The second kappa shape index (κ2) is 6.33. The summed E-state index contributed by atoms with van der Waals surface area (Å²) in [6.45, 7) is 8.56. The van der Waals surface area contributed by atoms with Gasteiger partial charge in [0.25, 0.3) is 5.91 Å². The molecule has 0 aromatic carbocycles. The Morgan fingerprint density at radius 2 is 2.00 bits per heavy atom. The summed E-state index contributed by atoms with van der Waals surface area (Å²) in [5, 5.41) is 4.01. The van der Waals surface area contributed by atoms with Gasteiger partial charge in [0.05, 0.1) is 16.8 Å². The van der Waals surface area contributed by atoms with E-state index in [1.54, 1.807) is 14.0 Å². The second-order valence-corrected chi connectivity index (χ2v) is 9.71. The smallest absolute Gasteiger partial charge is 0.253 e. The molecule has 0 unspecified atom stereocenters. The van der Waals surface area contributed by atoms with Crippen molar-refractivity contribution in [3.05, 3.63) is 29.7 Å². The number of hydrogen-bond donors (Lipinski definition) is 1. The van der Waals surface area contributed by atoms with E-state index in [1.165, 1.54) is 23.1 Å². The molecular formula is C18H25N5O3S. The highest BCUT2D eigenvalue weighted by Crippen LogP contribution is 2.39. The number of sulfone groups is 1. The molecule has 1 saturated heterocycles. The van der Waals surface area contributed by atoms with E-state index in [1.807, 2.05) is 4.90 Å². The molecule has 0 saturated carbocycles. The summed E-state index contributed by atoms with van der Waals surface area (Å²) in [6, 6.07) is 1.33. The normalized spacial score (nSPS) is 19.4. The van der Waals surface area contributed by atoms with E-state index in [0.29, 0.717) is 24.0 Å². The second-order valence-electron chi connectivity index (χ2n) is 7.83. The van der Waals surface area contributed by atoms with Crippen LogP contribution >= 0.6 is 0 Å². The molecule has 146 valence electrons. The van der Waals surface area contributed by atoms with Crippen LogP contribution in [0.3, 0.4) is 0 Å². The lowest BCUT2D eigenvalue weighted by molar-refractivity contribution is 0.0997. The average Bonchev–Trinajstić information content (AvgIpc) is 3.04. The maximum Gasteiger partial charge on any atom is 0.253 e. The first-order valence-electron chi connectivity index (χ1n) is 8.77. The SMILES string of the molecule is Cc1c(S(=O)(=O)c2ccnc(N3C[C@@H](C)CC3(C)C)c2C(N)=O)cnn1C. The predicted molar refractivity (Wildman–Crippen MR) is 101 cm³/mol. The molecule has 1 aliphatic rings. The van der Waals surface area contributed by atoms with Crippen LogP contribution in [0.25, 0.3) is 0 Å². The molecular weight excluding hydrogens is 366 g/mol. The Kier molecular flexibility index (Phi) is 4.54. The van der Waals surface area contributed by atoms with Crippen LogP contribution in [-0.4, -0.2) is 41.2 Å². The Morgan fingerprint density at radius 1 is 1.33 bits per heavy atom. The van der Waals surface area contributed by atoms with Gasteiger partial charge in [0, 0.05) is 25.3 Å². The summed E-state index contributed by atoms with van der Waals surface area (Å²) in [7, 11) is -2.32. The minimum atomic E-state index is -3.98. The van der Waals surface area contributed by atoms with Gasteiger partial charge < -0.3 is 10.6 Å². The van der Waals surface area contributed by atoms with Gasteiger partial charge in [0.1, 0.15) is 16.3 Å². The van der Waals surface area contributed by atoms with Crippen LogP contribution in [0.2, 0.25) is 0 Å². The molecule has 0 bridgehead atoms. The van der Waals surface area contributed by atoms with E-state index in [0.717, 1.165) is 6.42 Å². The fraction of sp³-hybridized carbons (Fsp3) is 0.500. The molecule has 0 aliphatic carbocycles. The third-order valence-corrected chi connectivity index (χ3v) is 7.14. The van der Waals surface area contributed by atoms with Crippen molar-refractivity contribution < 1.29 is 13.2 Å². The van der Waals surface area contributed by atoms with E-state index >= 15 is 0 Å². The van der Waals surface area contributed by atoms with E-state index in [9.17, 15) is 13.2 Å². The number of amides is 1. The molecule has 3 heterocycles. The first-order valence-corrected chi connectivity index (χ1v) is 10.2. The maximum atomic E-state index is 13.3. The molecule has 3 rings (SSSR count). The van der Waals surface area contributed by atoms with Crippen molar-refractivity contribution in [3.63, 3.8) is 0 Å². The van der Waals surface area contributed by atoms with E-state index in [-0.39, 0.29) is 20.9 Å². The number of carbonyl (C=O) groups is 1. The van der Waals surface area contributed by atoms with Gasteiger partial charge in [-0.3, -0.25) is 9.48 Å². The predicted octanol–water partition coefficient (Wildman–Crippen LogP) is 1.68. The van der Waals surface area contributed by atoms with Gasteiger partial charge in [-0.2, -0.15) is 5.10 Å². The third kappa shape index (κ3) is 3.09. The number of carbonyl (C=O) groups excluding carboxylic acids is 1. The molecule has 2 aromatic rings. The van der Waals surface area contributed by atoms with Crippen molar-refractivity contribution in [2.24, 2.45) is 18.7 Å². The Morgan fingerprint density at radius 3 is 2.48 bits per heavy atom. The Bertz CT molecular complexity index is 1010. The van der Waals surface area contributed by atoms with Gasteiger partial charge in [-0.05, 0) is 39.2 Å². The van der Waals surface area contributed by atoms with Gasteiger partial charge >= 0.3 is 0 Å². The van der Waals surface area contributed by atoms with Crippen molar-refractivity contribution in [2.45, 2.75) is 49.4 Å². The molecule has 8 nitrogen and oxygen atoms in total. The first kappa shape index (κ1) is 19.3. The standard InChI is InChI=1S/C18H25N5O3S/c1-11-8-18(3,4)23(10-11)17-15(16(19)24)13(6-7-20-17)27(25,26)14-9-21-22(5)12(14)2/h6-7,9,11H,8,10H2,1-5H3,(H2,19,24)/t11-/m0/s1. The van der Waals surface area contributed by atoms with Crippen LogP contribution in [0.5, 0.6) is 0 Å². The van der Waals surface area contributed by atoms with Crippen LogP contribution in [0, 0.1) is 12.8 Å². The van der Waals surface area contributed by atoms with Crippen LogP contribution in [-0.2, 0) is 16.9 Å².